The molecule has 0 amide bonds. The van der Waals surface area contributed by atoms with Crippen molar-refractivity contribution in [3.8, 4) is 6.07 Å². The first-order valence-electron chi connectivity index (χ1n) is 5.41. The third-order valence-electron chi connectivity index (χ3n) is 2.08. The van der Waals surface area contributed by atoms with E-state index in [1.807, 2.05) is 6.07 Å². The predicted molar refractivity (Wildman–Crippen MR) is 66.0 cm³/mol. The maximum Gasteiger partial charge on any atom is 0.336 e. The fourth-order valence-electron chi connectivity index (χ4n) is 1.14. The minimum atomic E-state index is -2.74. The Morgan fingerprint density at radius 3 is 1.95 bits per heavy atom. The summed E-state index contributed by atoms with van der Waals surface area (Å²) in [5, 5.41) is 42.1. The lowest BCUT2D eigenvalue weighted by Gasteiger charge is -2.18. The minimum absolute atomic E-state index is 0.604. The Bertz CT molecular complexity index is 534. The highest BCUT2D eigenvalue weighted by Crippen LogP contribution is 2.15. The van der Waals surface area contributed by atoms with E-state index in [0.29, 0.717) is 5.56 Å². The van der Waals surface area contributed by atoms with Crippen LogP contribution in [0.4, 0.5) is 0 Å². The van der Waals surface area contributed by atoms with Crippen LogP contribution in [0.2, 0.25) is 0 Å². The molecule has 9 nitrogen and oxygen atoms in total. The molecule has 0 atom stereocenters. The van der Waals surface area contributed by atoms with Gasteiger partial charge >= 0.3 is 17.9 Å². The smallest absolute Gasteiger partial charge is 0.336 e. The zero-order valence-corrected chi connectivity index (χ0v) is 10.6. The van der Waals surface area contributed by atoms with E-state index in [2.05, 4.69) is 4.98 Å². The van der Waals surface area contributed by atoms with Crippen LogP contribution in [0.15, 0.2) is 24.5 Å². The molecular formula is C12H12N2O7. The molecule has 0 fully saturated rings. The van der Waals surface area contributed by atoms with Gasteiger partial charge in [-0.25, -0.2) is 4.79 Å². The number of carbonyl (C=O) groups is 3. The molecule has 0 spiro atoms. The van der Waals surface area contributed by atoms with Crippen LogP contribution >= 0.6 is 0 Å². The SMILES string of the molecule is N#Cc1cccnc1.O=C(O)CC(O)(CC(=O)O)C(=O)O. The van der Waals surface area contributed by atoms with Gasteiger partial charge in [-0.15, -0.1) is 0 Å². The third-order valence-corrected chi connectivity index (χ3v) is 2.08. The Hall–Kier alpha value is -2.99. The molecule has 0 aliphatic heterocycles. The fraction of sp³-hybridized carbons (Fsp3) is 0.250. The predicted octanol–water partition coefficient (Wildman–Crippen LogP) is -0.295. The number of aromatic nitrogens is 1. The van der Waals surface area contributed by atoms with Crippen LogP contribution in [0.1, 0.15) is 18.4 Å². The van der Waals surface area contributed by atoms with E-state index >= 15 is 0 Å². The zero-order valence-electron chi connectivity index (χ0n) is 10.6. The average Bonchev–Trinajstić information content (AvgIpc) is 2.38. The number of aliphatic hydroxyl groups is 1. The molecule has 0 unspecified atom stereocenters. The van der Waals surface area contributed by atoms with Crippen LogP contribution in [0.5, 0.6) is 0 Å². The molecule has 21 heavy (non-hydrogen) atoms. The lowest BCUT2D eigenvalue weighted by Crippen LogP contribution is -2.42. The van der Waals surface area contributed by atoms with E-state index in [1.54, 1.807) is 18.3 Å². The van der Waals surface area contributed by atoms with Crippen molar-refractivity contribution in [1.82, 2.24) is 4.98 Å². The monoisotopic (exact) mass is 296 g/mol. The maximum atomic E-state index is 10.3. The molecule has 0 radical (unpaired) electrons. The molecule has 0 aliphatic rings. The molecule has 0 aromatic carbocycles. The van der Waals surface area contributed by atoms with E-state index in [0.717, 1.165) is 0 Å². The first-order chi connectivity index (χ1) is 9.71. The number of nitrogens with zero attached hydrogens (tertiary/aromatic N) is 2. The van der Waals surface area contributed by atoms with E-state index in [1.165, 1.54) is 6.20 Å². The lowest BCUT2D eigenvalue weighted by atomic mass is 9.96. The van der Waals surface area contributed by atoms with Crippen molar-refractivity contribution in [1.29, 1.82) is 5.26 Å². The van der Waals surface area contributed by atoms with E-state index in [9.17, 15) is 14.4 Å². The molecule has 0 bridgehead atoms. The third kappa shape index (κ3) is 7.24. The second-order valence-electron chi connectivity index (χ2n) is 3.83. The Morgan fingerprint density at radius 2 is 1.71 bits per heavy atom. The summed E-state index contributed by atoms with van der Waals surface area (Å²) in [6.07, 6.45) is 0.879. The second-order valence-corrected chi connectivity index (χ2v) is 3.83. The van der Waals surface area contributed by atoms with Gasteiger partial charge in [0.1, 0.15) is 6.07 Å². The van der Waals surface area contributed by atoms with Crippen molar-refractivity contribution in [3.63, 3.8) is 0 Å². The summed E-state index contributed by atoms with van der Waals surface area (Å²) in [5.41, 5.74) is -2.13. The molecule has 1 aromatic rings. The number of hydrogen-bond donors (Lipinski definition) is 4. The number of rotatable bonds is 5. The van der Waals surface area contributed by atoms with Gasteiger partial charge in [0.05, 0.1) is 18.4 Å². The molecule has 0 aliphatic carbocycles. The van der Waals surface area contributed by atoms with Gasteiger partial charge in [0.2, 0.25) is 0 Å². The van der Waals surface area contributed by atoms with Gasteiger partial charge < -0.3 is 20.4 Å². The minimum Gasteiger partial charge on any atom is -0.481 e. The summed E-state index contributed by atoms with van der Waals surface area (Å²) in [7, 11) is 0. The number of hydrogen-bond acceptors (Lipinski definition) is 6. The van der Waals surface area contributed by atoms with Gasteiger partial charge in [0, 0.05) is 12.4 Å². The number of aliphatic carboxylic acids is 3. The van der Waals surface area contributed by atoms with Crippen LogP contribution in [0, 0.1) is 11.3 Å². The first-order valence-corrected chi connectivity index (χ1v) is 5.41. The molecular weight excluding hydrogens is 284 g/mol. The summed E-state index contributed by atoms with van der Waals surface area (Å²) >= 11 is 0. The van der Waals surface area contributed by atoms with Crippen molar-refractivity contribution in [2.24, 2.45) is 0 Å². The lowest BCUT2D eigenvalue weighted by molar-refractivity contribution is -0.170. The van der Waals surface area contributed by atoms with Gasteiger partial charge in [-0.05, 0) is 12.1 Å². The van der Waals surface area contributed by atoms with Crippen molar-refractivity contribution in [2.75, 3.05) is 0 Å². The van der Waals surface area contributed by atoms with Crippen LogP contribution in [-0.2, 0) is 14.4 Å². The summed E-state index contributed by atoms with van der Waals surface area (Å²) < 4.78 is 0. The molecule has 112 valence electrons. The maximum absolute atomic E-state index is 10.3. The summed E-state index contributed by atoms with van der Waals surface area (Å²) in [6, 6.07) is 5.41. The summed E-state index contributed by atoms with van der Waals surface area (Å²) in [4.78, 5) is 34.2. The number of carboxylic acids is 3. The average molecular weight is 296 g/mol. The van der Waals surface area contributed by atoms with E-state index < -0.39 is 36.4 Å². The summed E-state index contributed by atoms with van der Waals surface area (Å²) in [5.74, 6) is -5.02. The molecule has 1 heterocycles. The number of nitriles is 1. The van der Waals surface area contributed by atoms with E-state index in [-0.39, 0.29) is 0 Å². The van der Waals surface area contributed by atoms with E-state index in [4.69, 9.17) is 25.7 Å². The molecule has 9 heteroatoms. The molecule has 0 saturated carbocycles. The van der Waals surface area contributed by atoms with Crippen LogP contribution in [-0.4, -0.2) is 48.9 Å². The van der Waals surface area contributed by atoms with Gasteiger partial charge in [0.15, 0.2) is 5.60 Å². The quantitative estimate of drug-likeness (QED) is 0.569. The van der Waals surface area contributed by atoms with Crippen molar-refractivity contribution in [2.45, 2.75) is 18.4 Å². The molecule has 1 aromatic heterocycles. The Kier molecular flexibility index (Phi) is 7.06. The number of pyridine rings is 1. The van der Waals surface area contributed by atoms with Crippen molar-refractivity contribution >= 4 is 17.9 Å². The molecule has 0 saturated heterocycles. The topological polar surface area (TPSA) is 169 Å². The van der Waals surface area contributed by atoms with Crippen LogP contribution < -0.4 is 0 Å². The highest BCUT2D eigenvalue weighted by molar-refractivity contribution is 5.88. The largest absolute Gasteiger partial charge is 0.481 e. The van der Waals surface area contributed by atoms with Crippen molar-refractivity contribution in [3.05, 3.63) is 30.1 Å². The Labute approximate surface area is 118 Å². The van der Waals surface area contributed by atoms with Crippen molar-refractivity contribution < 1.29 is 34.8 Å². The highest BCUT2D eigenvalue weighted by atomic mass is 16.4. The van der Waals surface area contributed by atoms with Crippen LogP contribution in [0.3, 0.4) is 0 Å². The second kappa shape index (κ2) is 8.23. The Morgan fingerprint density at radius 1 is 1.19 bits per heavy atom. The van der Waals surface area contributed by atoms with Gasteiger partial charge in [-0.1, -0.05) is 0 Å². The molecule has 1 rings (SSSR count). The first kappa shape index (κ1) is 18.0. The molecule has 4 N–H and O–H groups in total. The normalized spacial score (nSPS) is 9.71. The highest BCUT2D eigenvalue weighted by Gasteiger charge is 2.40. The Balaban J connectivity index is 0.000000423. The van der Waals surface area contributed by atoms with Gasteiger partial charge in [-0.3, -0.25) is 14.6 Å². The zero-order chi connectivity index (χ0) is 16.5. The van der Waals surface area contributed by atoms with Gasteiger partial charge in [0.25, 0.3) is 0 Å². The van der Waals surface area contributed by atoms with Gasteiger partial charge in [-0.2, -0.15) is 5.26 Å². The summed E-state index contributed by atoms with van der Waals surface area (Å²) in [6.45, 7) is 0. The standard InChI is InChI=1S/C6H4N2.C6H8O7/c7-4-6-2-1-3-8-5-6;7-3(8)1-6(13,5(11)12)2-4(9)10/h1-3,5H;13H,1-2H2,(H,7,8)(H,9,10)(H,11,12). The number of carboxylic acid groups (broad SMARTS) is 3. The van der Waals surface area contributed by atoms with Crippen LogP contribution in [0.25, 0.3) is 0 Å². The fourth-order valence-corrected chi connectivity index (χ4v) is 1.14.